The average molecular weight is 399 g/mol. The summed E-state index contributed by atoms with van der Waals surface area (Å²) in [5, 5.41) is 5.37. The van der Waals surface area contributed by atoms with Gasteiger partial charge in [-0.25, -0.2) is 0 Å². The van der Waals surface area contributed by atoms with E-state index in [-0.39, 0.29) is 17.2 Å². The third-order valence-electron chi connectivity index (χ3n) is 3.60. The molecule has 3 aromatic rings. The molecule has 0 bridgehead atoms. The highest BCUT2D eigenvalue weighted by molar-refractivity contribution is 6.21. The molecule has 3 rings (SSSR count). The largest absolute Gasteiger partial charge is 0.400 e. The Labute approximate surface area is 155 Å². The van der Waals surface area contributed by atoms with Gasteiger partial charge in [-0.15, -0.1) is 0 Å². The molecule has 11 heteroatoms. The van der Waals surface area contributed by atoms with Crippen molar-refractivity contribution in [2.75, 3.05) is 30.9 Å². The van der Waals surface area contributed by atoms with Gasteiger partial charge in [0.15, 0.2) is 0 Å². The molecule has 0 saturated heterocycles. The van der Waals surface area contributed by atoms with Crippen molar-refractivity contribution < 1.29 is 18.0 Å². The maximum atomic E-state index is 12.9. The standard InChI is InChI=1S/C16H13ClF2N4O4/c1-26-7-6-20-10-11(13(25)12(10)24)21-9-4-2-8(3-5-9)14-22-15(27-23-14)16(17,18)19/h2-5,20-21H,6-7H2,1H3. The topological polar surface area (TPSA) is 106 Å². The Morgan fingerprint density at radius 2 is 1.85 bits per heavy atom. The van der Waals surface area contributed by atoms with E-state index in [9.17, 15) is 18.4 Å². The van der Waals surface area contributed by atoms with Crippen LogP contribution in [-0.4, -0.2) is 30.4 Å². The van der Waals surface area contributed by atoms with E-state index in [1.54, 1.807) is 12.1 Å². The Morgan fingerprint density at radius 3 is 2.44 bits per heavy atom. The first-order valence-corrected chi connectivity index (χ1v) is 8.03. The number of nitrogens with one attached hydrogen (secondary N) is 2. The van der Waals surface area contributed by atoms with E-state index in [2.05, 4.69) is 25.3 Å². The lowest BCUT2D eigenvalue weighted by Crippen LogP contribution is -2.37. The van der Waals surface area contributed by atoms with Crippen LogP contribution in [0.2, 0.25) is 0 Å². The SMILES string of the molecule is COCCNc1c(Nc2ccc(-c3noc(C(F)(F)Cl)n3)cc2)c(=O)c1=O. The number of methoxy groups -OCH3 is 1. The maximum Gasteiger partial charge on any atom is 0.400 e. The Balaban J connectivity index is 1.74. The first-order valence-electron chi connectivity index (χ1n) is 7.65. The summed E-state index contributed by atoms with van der Waals surface area (Å²) < 4.78 is 35.2. The zero-order valence-corrected chi connectivity index (χ0v) is 14.6. The van der Waals surface area contributed by atoms with Gasteiger partial charge in [0.2, 0.25) is 5.82 Å². The highest BCUT2D eigenvalue weighted by atomic mass is 35.5. The molecular formula is C16H13ClF2N4O4. The molecule has 0 unspecified atom stereocenters. The van der Waals surface area contributed by atoms with Crippen molar-refractivity contribution in [3.05, 3.63) is 50.6 Å². The number of ether oxygens (including phenoxy) is 1. The molecule has 1 aromatic heterocycles. The highest BCUT2D eigenvalue weighted by Crippen LogP contribution is 2.32. The number of hydrogen-bond donors (Lipinski definition) is 2. The summed E-state index contributed by atoms with van der Waals surface area (Å²) in [6, 6.07) is 6.21. The Bertz CT molecular complexity index is 1010. The van der Waals surface area contributed by atoms with Gasteiger partial charge in [-0.05, 0) is 35.9 Å². The Kier molecular flexibility index (Phi) is 5.19. The summed E-state index contributed by atoms with van der Waals surface area (Å²) in [7, 11) is 1.52. The van der Waals surface area contributed by atoms with Gasteiger partial charge in [-0.2, -0.15) is 13.8 Å². The fourth-order valence-corrected chi connectivity index (χ4v) is 2.34. The third kappa shape index (κ3) is 3.96. The number of hydrogen-bond acceptors (Lipinski definition) is 8. The minimum absolute atomic E-state index is 0.0621. The van der Waals surface area contributed by atoms with Crippen molar-refractivity contribution in [3.8, 4) is 11.4 Å². The van der Waals surface area contributed by atoms with Crippen LogP contribution in [0.25, 0.3) is 11.4 Å². The van der Waals surface area contributed by atoms with E-state index >= 15 is 0 Å². The van der Waals surface area contributed by atoms with Gasteiger partial charge < -0.3 is 19.9 Å². The van der Waals surface area contributed by atoms with E-state index in [0.29, 0.717) is 24.4 Å². The summed E-state index contributed by atoms with van der Waals surface area (Å²) in [4.78, 5) is 26.9. The van der Waals surface area contributed by atoms with E-state index in [1.165, 1.54) is 19.2 Å². The van der Waals surface area contributed by atoms with Gasteiger partial charge in [0.25, 0.3) is 10.9 Å². The molecule has 0 aliphatic heterocycles. The van der Waals surface area contributed by atoms with Crippen LogP contribution in [0, 0.1) is 0 Å². The first kappa shape index (κ1) is 18.9. The lowest BCUT2D eigenvalue weighted by molar-refractivity contribution is 0.0551. The number of benzene rings is 1. The fraction of sp³-hybridized carbons (Fsp3) is 0.250. The smallest absolute Gasteiger partial charge is 0.383 e. The van der Waals surface area contributed by atoms with Crippen LogP contribution in [0.15, 0.2) is 38.4 Å². The third-order valence-corrected chi connectivity index (χ3v) is 3.76. The van der Waals surface area contributed by atoms with E-state index in [0.717, 1.165) is 0 Å². The average Bonchev–Trinajstić information content (AvgIpc) is 3.14. The second kappa shape index (κ2) is 7.41. The van der Waals surface area contributed by atoms with Crippen molar-refractivity contribution >= 4 is 28.7 Å². The summed E-state index contributed by atoms with van der Waals surface area (Å²) >= 11 is 4.83. The van der Waals surface area contributed by atoms with Crippen LogP contribution in [0.5, 0.6) is 0 Å². The molecule has 8 nitrogen and oxygen atoms in total. The quantitative estimate of drug-likeness (QED) is 0.338. The summed E-state index contributed by atoms with van der Waals surface area (Å²) in [6.45, 7) is 0.751. The van der Waals surface area contributed by atoms with E-state index in [1.807, 2.05) is 0 Å². The van der Waals surface area contributed by atoms with Crippen LogP contribution < -0.4 is 21.5 Å². The Morgan fingerprint density at radius 1 is 1.19 bits per heavy atom. The zero-order valence-electron chi connectivity index (χ0n) is 13.9. The molecule has 0 saturated carbocycles. The predicted octanol–water partition coefficient (Wildman–Crippen LogP) is 2.42. The van der Waals surface area contributed by atoms with Crippen molar-refractivity contribution in [2.24, 2.45) is 0 Å². The van der Waals surface area contributed by atoms with Crippen LogP contribution >= 0.6 is 11.6 Å². The Hall–Kier alpha value is -2.85. The minimum atomic E-state index is -3.75. The minimum Gasteiger partial charge on any atom is -0.383 e. The number of nitrogens with zero attached hydrogens (tertiary/aromatic N) is 2. The molecule has 27 heavy (non-hydrogen) atoms. The normalized spacial score (nSPS) is 11.7. The van der Waals surface area contributed by atoms with Crippen LogP contribution in [0.1, 0.15) is 5.89 Å². The molecule has 0 fully saturated rings. The van der Waals surface area contributed by atoms with Gasteiger partial charge in [0, 0.05) is 24.9 Å². The molecule has 0 spiro atoms. The van der Waals surface area contributed by atoms with Gasteiger partial charge in [0.05, 0.1) is 6.61 Å². The predicted molar refractivity (Wildman–Crippen MR) is 94.5 cm³/mol. The number of halogens is 3. The van der Waals surface area contributed by atoms with Crippen molar-refractivity contribution in [1.29, 1.82) is 0 Å². The van der Waals surface area contributed by atoms with Gasteiger partial charge in [-0.1, -0.05) is 5.16 Å². The van der Waals surface area contributed by atoms with Crippen molar-refractivity contribution in [3.63, 3.8) is 0 Å². The maximum absolute atomic E-state index is 12.9. The monoisotopic (exact) mass is 398 g/mol. The summed E-state index contributed by atoms with van der Waals surface area (Å²) in [6.07, 6.45) is 0. The molecular weight excluding hydrogens is 386 g/mol. The lowest BCUT2D eigenvalue weighted by Gasteiger charge is -2.14. The van der Waals surface area contributed by atoms with E-state index in [4.69, 9.17) is 16.3 Å². The molecule has 0 atom stereocenters. The molecule has 0 aliphatic carbocycles. The molecule has 0 amide bonds. The summed E-state index contributed by atoms with van der Waals surface area (Å²) in [5.41, 5.74) is 0.00500. The second-order valence-electron chi connectivity index (χ2n) is 5.45. The van der Waals surface area contributed by atoms with Crippen molar-refractivity contribution in [2.45, 2.75) is 5.38 Å². The molecule has 0 radical (unpaired) electrons. The molecule has 142 valence electrons. The van der Waals surface area contributed by atoms with Crippen LogP contribution in [0.4, 0.5) is 25.8 Å². The van der Waals surface area contributed by atoms with E-state index < -0.39 is 22.1 Å². The highest BCUT2D eigenvalue weighted by Gasteiger charge is 2.35. The van der Waals surface area contributed by atoms with Crippen molar-refractivity contribution in [1.82, 2.24) is 10.1 Å². The first-order chi connectivity index (χ1) is 12.8. The zero-order chi connectivity index (χ0) is 19.6. The molecule has 2 N–H and O–H groups in total. The second-order valence-corrected chi connectivity index (χ2v) is 5.93. The lowest BCUT2D eigenvalue weighted by atomic mass is 10.1. The number of aromatic nitrogens is 2. The number of rotatable bonds is 8. The molecule has 2 aromatic carbocycles. The van der Waals surface area contributed by atoms with Gasteiger partial charge in [-0.3, -0.25) is 9.59 Å². The number of anilines is 3. The molecule has 0 aliphatic rings. The van der Waals surface area contributed by atoms with Crippen LogP contribution in [0.3, 0.4) is 0 Å². The van der Waals surface area contributed by atoms with Gasteiger partial charge in [0.1, 0.15) is 11.4 Å². The van der Waals surface area contributed by atoms with Crippen LogP contribution in [-0.2, 0) is 10.1 Å². The molecule has 1 heterocycles. The number of alkyl halides is 3. The fourth-order valence-electron chi connectivity index (χ4n) is 2.26. The summed E-state index contributed by atoms with van der Waals surface area (Å²) in [5.74, 6) is -1.07. The van der Waals surface area contributed by atoms with Gasteiger partial charge >= 0.3 is 11.3 Å².